The molecule has 0 aliphatic heterocycles. The molecule has 5 nitrogen and oxygen atoms in total. The van der Waals surface area contributed by atoms with Gasteiger partial charge in [-0.1, -0.05) is 163 Å². The molecule has 0 saturated heterocycles. The van der Waals surface area contributed by atoms with Gasteiger partial charge in [-0.3, -0.25) is 0 Å². The van der Waals surface area contributed by atoms with Crippen molar-refractivity contribution in [3.05, 3.63) is 292 Å². The van der Waals surface area contributed by atoms with Gasteiger partial charge in [0.2, 0.25) is 5.71 Å². The molecule has 376 valence electrons. The maximum absolute atomic E-state index is 6.12. The molecule has 14 rings (SSSR count). The topological polar surface area (TPSA) is 64.7 Å². The number of nitrogens with zero attached hydrogens (tertiary/aromatic N) is 4. The van der Waals surface area contributed by atoms with Crippen molar-refractivity contribution in [2.24, 2.45) is 0 Å². The Kier molecular flexibility index (Phi) is 13.5. The van der Waals surface area contributed by atoms with Crippen LogP contribution in [0.3, 0.4) is 0 Å². The summed E-state index contributed by atoms with van der Waals surface area (Å²) in [6.45, 7) is 0. The Morgan fingerprint density at radius 1 is 0.287 bits per heavy atom. The standard InChI is InChI=1S/C74H45N4O.Ir/c1-4-17-49(18-5-1)50-30-32-51(33-31-50)67-45-72(54-36-39-73-68(44-54)66-29-16-40-75-74(66)79-73)78-48-69(67)65-28-15-14-27-64(65)59-42-57(62-25-12-10-23-60(62)55-34-37-70(76-46-55)52-19-6-2-7-20-52)41-58(43-59)63-26-13-11-24-61(63)56-35-38-71(77-47-56)53-21-8-3-9-22-53;/h1-19,21,23-35,37-48H;/q-3;+3. The van der Waals surface area contributed by atoms with E-state index in [1.54, 1.807) is 6.20 Å². The Hall–Kier alpha value is -9.97. The van der Waals surface area contributed by atoms with Crippen LogP contribution in [0.1, 0.15) is 0 Å². The second-order valence-electron chi connectivity index (χ2n) is 19.5. The van der Waals surface area contributed by atoms with Crippen LogP contribution in [0.25, 0.3) is 145 Å². The van der Waals surface area contributed by atoms with Crippen molar-refractivity contribution in [2.45, 2.75) is 0 Å². The molecule has 0 radical (unpaired) electrons. The molecule has 0 amide bonds. The smallest absolute Gasteiger partial charge is 0.486 e. The molecular weight excluding hydrogens is 1150 g/mol. The molecule has 0 atom stereocenters. The molecule has 0 saturated carbocycles. The van der Waals surface area contributed by atoms with E-state index in [1.165, 1.54) is 0 Å². The third-order valence-corrected chi connectivity index (χ3v) is 14.7. The molecule has 6 heteroatoms. The van der Waals surface area contributed by atoms with Gasteiger partial charge in [-0.25, -0.2) is 4.98 Å². The maximum atomic E-state index is 6.12. The minimum Gasteiger partial charge on any atom is -0.486 e. The Morgan fingerprint density at radius 2 is 0.775 bits per heavy atom. The minimum atomic E-state index is 0. The third-order valence-electron chi connectivity index (χ3n) is 14.7. The van der Waals surface area contributed by atoms with Gasteiger partial charge in [0.15, 0.2) is 0 Å². The Balaban J connectivity index is 0.00000605. The van der Waals surface area contributed by atoms with E-state index in [0.29, 0.717) is 5.71 Å². The zero-order valence-electron chi connectivity index (χ0n) is 43.0. The fraction of sp³-hybridized carbons (Fsp3) is 0. The number of hydrogen-bond acceptors (Lipinski definition) is 5. The molecular formula is C74H45IrN4O. The van der Waals surface area contributed by atoms with Gasteiger partial charge in [-0.15, -0.1) is 95.6 Å². The fourth-order valence-corrected chi connectivity index (χ4v) is 10.8. The number of fused-ring (bicyclic) bond motifs is 3. The van der Waals surface area contributed by atoms with Crippen molar-refractivity contribution in [2.75, 3.05) is 0 Å². The summed E-state index contributed by atoms with van der Waals surface area (Å²) in [5.74, 6) is 0. The molecule has 0 fully saturated rings. The van der Waals surface area contributed by atoms with Crippen molar-refractivity contribution < 1.29 is 24.5 Å². The molecule has 14 aromatic rings. The molecule has 0 unspecified atom stereocenters. The number of furan rings is 1. The SMILES string of the molecule is [Ir+3].[c-]1ccccc1-c1ccc(-c2ccccc2-c2cc(-c3ccccc3-c3ccc(-c4[c-]cccc4)nc3)cc(-c3ccccc3-c3cnc(-c4[c-]cc5oc6ncccc6c5c4)cc3-c3ccc(-c4ccccc4)cc3)c2)cn1. The molecule has 0 aliphatic carbocycles. The quantitative estimate of drug-likeness (QED) is 0.121. The van der Waals surface area contributed by atoms with Gasteiger partial charge in [0.1, 0.15) is 0 Å². The van der Waals surface area contributed by atoms with Crippen LogP contribution in [-0.2, 0) is 20.1 Å². The monoisotopic (exact) mass is 1200 g/mol. The van der Waals surface area contributed by atoms with E-state index in [9.17, 15) is 0 Å². The molecule has 0 N–H and O–H groups in total. The predicted octanol–water partition coefficient (Wildman–Crippen LogP) is 18.9. The summed E-state index contributed by atoms with van der Waals surface area (Å²) >= 11 is 0. The van der Waals surface area contributed by atoms with Gasteiger partial charge in [0.05, 0.1) is 5.58 Å². The Morgan fingerprint density at radius 3 is 1.32 bits per heavy atom. The molecule has 5 aromatic heterocycles. The number of hydrogen-bond donors (Lipinski definition) is 0. The summed E-state index contributed by atoms with van der Waals surface area (Å²) in [4.78, 5) is 19.7. The summed E-state index contributed by atoms with van der Waals surface area (Å²) < 4.78 is 6.12. The Bertz CT molecular complexity index is 4360. The number of benzene rings is 9. The van der Waals surface area contributed by atoms with Gasteiger partial charge in [-0.2, -0.15) is 0 Å². The minimum absolute atomic E-state index is 0. The summed E-state index contributed by atoms with van der Waals surface area (Å²) in [6.07, 6.45) is 7.74. The summed E-state index contributed by atoms with van der Waals surface area (Å²) in [5.41, 5.74) is 23.8. The second kappa shape index (κ2) is 21.8. The van der Waals surface area contributed by atoms with Crippen molar-refractivity contribution in [1.29, 1.82) is 0 Å². The van der Waals surface area contributed by atoms with E-state index in [1.807, 2.05) is 85.3 Å². The van der Waals surface area contributed by atoms with Gasteiger partial charge >= 0.3 is 20.1 Å². The first-order valence-corrected chi connectivity index (χ1v) is 26.3. The van der Waals surface area contributed by atoms with Gasteiger partial charge < -0.3 is 19.4 Å². The summed E-state index contributed by atoms with van der Waals surface area (Å²) in [5, 5.41) is 1.92. The van der Waals surface area contributed by atoms with Crippen molar-refractivity contribution >= 4 is 22.1 Å². The molecule has 0 bridgehead atoms. The first kappa shape index (κ1) is 49.6. The maximum Gasteiger partial charge on any atom is 3.00 e. The van der Waals surface area contributed by atoms with Crippen LogP contribution >= 0.6 is 0 Å². The average Bonchev–Trinajstić information content (AvgIpc) is 3.94. The van der Waals surface area contributed by atoms with Gasteiger partial charge in [0, 0.05) is 35.7 Å². The third kappa shape index (κ3) is 9.64. The fourth-order valence-electron chi connectivity index (χ4n) is 10.8. The molecule has 5 heterocycles. The van der Waals surface area contributed by atoms with Crippen molar-refractivity contribution in [3.8, 4) is 123 Å². The van der Waals surface area contributed by atoms with Crippen LogP contribution < -0.4 is 0 Å². The van der Waals surface area contributed by atoms with Crippen LogP contribution in [-0.4, -0.2) is 19.9 Å². The average molecular weight is 1200 g/mol. The molecule has 9 aromatic carbocycles. The van der Waals surface area contributed by atoms with E-state index in [0.717, 1.165) is 139 Å². The van der Waals surface area contributed by atoms with Crippen LogP contribution in [0.15, 0.2) is 278 Å². The zero-order chi connectivity index (χ0) is 52.5. The van der Waals surface area contributed by atoms with Gasteiger partial charge in [0.25, 0.3) is 0 Å². The summed E-state index contributed by atoms with van der Waals surface area (Å²) in [7, 11) is 0. The molecule has 0 aliphatic rings. The van der Waals surface area contributed by atoms with Crippen LogP contribution in [0.5, 0.6) is 0 Å². The second-order valence-corrected chi connectivity index (χ2v) is 19.5. The van der Waals surface area contributed by atoms with Crippen molar-refractivity contribution in [3.63, 3.8) is 0 Å². The first-order valence-electron chi connectivity index (χ1n) is 26.3. The van der Waals surface area contributed by atoms with E-state index >= 15 is 0 Å². The summed E-state index contributed by atoms with van der Waals surface area (Å²) in [6, 6.07) is 97.1. The number of rotatable bonds is 11. The number of aromatic nitrogens is 4. The van der Waals surface area contributed by atoms with E-state index in [4.69, 9.17) is 19.4 Å². The zero-order valence-corrected chi connectivity index (χ0v) is 45.4. The molecule has 0 spiro atoms. The van der Waals surface area contributed by atoms with Crippen molar-refractivity contribution in [1.82, 2.24) is 19.9 Å². The molecule has 80 heavy (non-hydrogen) atoms. The van der Waals surface area contributed by atoms with Crippen LogP contribution in [0, 0.1) is 18.2 Å². The van der Waals surface area contributed by atoms with Gasteiger partial charge in [-0.05, 0) is 131 Å². The Labute approximate surface area is 478 Å². The largest absolute Gasteiger partial charge is 3.00 e. The first-order chi connectivity index (χ1) is 39.1. The van der Waals surface area contributed by atoms with Crippen LogP contribution in [0.2, 0.25) is 0 Å². The van der Waals surface area contributed by atoms with E-state index in [2.05, 4.69) is 205 Å². The van der Waals surface area contributed by atoms with E-state index in [-0.39, 0.29) is 20.1 Å². The number of pyridine rings is 4. The van der Waals surface area contributed by atoms with E-state index < -0.39 is 0 Å². The van der Waals surface area contributed by atoms with Crippen LogP contribution in [0.4, 0.5) is 0 Å². The predicted molar refractivity (Wildman–Crippen MR) is 321 cm³/mol. The normalized spacial score (nSPS) is 11.2.